The summed E-state index contributed by atoms with van der Waals surface area (Å²) in [7, 11) is 0. The van der Waals surface area contributed by atoms with E-state index in [1.807, 2.05) is 0 Å². The van der Waals surface area contributed by atoms with Crippen LogP contribution in [0.4, 0.5) is 0 Å². The molecule has 9 heteroatoms. The summed E-state index contributed by atoms with van der Waals surface area (Å²) in [5, 5.41) is 56.4. The Kier molecular flexibility index (Phi) is 5.41. The third-order valence-electron chi connectivity index (χ3n) is 2.58. The van der Waals surface area contributed by atoms with Gasteiger partial charge >= 0.3 is 0 Å². The predicted octanol–water partition coefficient (Wildman–Crippen LogP) is -5.09. The lowest BCUT2D eigenvalue weighted by molar-refractivity contribution is -0.344. The molecule has 0 unspecified atom stereocenters. The maximum absolute atomic E-state index is 10.5. The summed E-state index contributed by atoms with van der Waals surface area (Å²) >= 11 is 0. The standard InChI is InChI=1S/C9H16O9/c10-1-3-5(12)6(13)7(14)9(17-3)18-4(2-11)8(15)16/h3-7,9-14H,1-2H2,(H,15,16)/p-1/t3-,4-,5-,6+,7+,9-/m1/s1. The van der Waals surface area contributed by atoms with E-state index in [4.69, 9.17) is 19.7 Å². The van der Waals surface area contributed by atoms with Crippen molar-refractivity contribution in [3.63, 3.8) is 0 Å². The van der Waals surface area contributed by atoms with Crippen molar-refractivity contribution in [1.29, 1.82) is 0 Å². The van der Waals surface area contributed by atoms with Crippen molar-refractivity contribution in [2.45, 2.75) is 36.8 Å². The molecule has 1 aliphatic heterocycles. The van der Waals surface area contributed by atoms with Crippen LogP contribution in [0.3, 0.4) is 0 Å². The van der Waals surface area contributed by atoms with Crippen molar-refractivity contribution < 1.29 is 44.9 Å². The maximum Gasteiger partial charge on any atom is 0.187 e. The zero-order valence-corrected chi connectivity index (χ0v) is 9.25. The van der Waals surface area contributed by atoms with E-state index in [0.717, 1.165) is 0 Å². The van der Waals surface area contributed by atoms with Crippen molar-refractivity contribution in [3.05, 3.63) is 0 Å². The van der Waals surface area contributed by atoms with Gasteiger partial charge in [0.05, 0.1) is 19.2 Å². The van der Waals surface area contributed by atoms with E-state index in [-0.39, 0.29) is 0 Å². The van der Waals surface area contributed by atoms with Crippen molar-refractivity contribution in [1.82, 2.24) is 0 Å². The van der Waals surface area contributed by atoms with Crippen molar-refractivity contribution >= 4 is 5.97 Å². The number of rotatable bonds is 5. The van der Waals surface area contributed by atoms with Crippen molar-refractivity contribution in [3.8, 4) is 0 Å². The van der Waals surface area contributed by atoms with Crippen LogP contribution < -0.4 is 5.11 Å². The highest BCUT2D eigenvalue weighted by Gasteiger charge is 2.44. The van der Waals surface area contributed by atoms with Crippen LogP contribution in [0, 0.1) is 0 Å². The first-order valence-corrected chi connectivity index (χ1v) is 5.20. The third-order valence-corrected chi connectivity index (χ3v) is 2.58. The number of hydrogen-bond acceptors (Lipinski definition) is 9. The van der Waals surface area contributed by atoms with Gasteiger partial charge in [0.25, 0.3) is 0 Å². The molecule has 1 aliphatic rings. The van der Waals surface area contributed by atoms with Crippen LogP contribution in [-0.2, 0) is 14.3 Å². The molecule has 0 aromatic rings. The summed E-state index contributed by atoms with van der Waals surface area (Å²) in [6.45, 7) is -1.59. The maximum atomic E-state index is 10.5. The van der Waals surface area contributed by atoms with Gasteiger partial charge in [0.15, 0.2) is 6.29 Å². The molecule has 1 rings (SSSR count). The van der Waals surface area contributed by atoms with E-state index < -0.39 is 56.0 Å². The Balaban J connectivity index is 2.72. The average molecular weight is 267 g/mol. The molecule has 9 nitrogen and oxygen atoms in total. The fraction of sp³-hybridized carbons (Fsp3) is 0.889. The minimum absolute atomic E-state index is 0.667. The fourth-order valence-electron chi connectivity index (χ4n) is 1.51. The number of aliphatic hydroxyl groups is 5. The highest BCUT2D eigenvalue weighted by molar-refractivity contribution is 5.70. The van der Waals surface area contributed by atoms with Gasteiger partial charge in [-0.3, -0.25) is 0 Å². The fourth-order valence-corrected chi connectivity index (χ4v) is 1.51. The van der Waals surface area contributed by atoms with Crippen molar-refractivity contribution in [2.24, 2.45) is 0 Å². The van der Waals surface area contributed by atoms with Crippen LogP contribution in [0.5, 0.6) is 0 Å². The molecule has 18 heavy (non-hydrogen) atoms. The summed E-state index contributed by atoms with van der Waals surface area (Å²) in [5.41, 5.74) is 0. The Morgan fingerprint density at radius 3 is 2.28 bits per heavy atom. The molecule has 1 fully saturated rings. The summed E-state index contributed by atoms with van der Waals surface area (Å²) in [6, 6.07) is 0. The lowest BCUT2D eigenvalue weighted by Crippen LogP contribution is -2.60. The van der Waals surface area contributed by atoms with Crippen LogP contribution in [0.15, 0.2) is 0 Å². The zero-order valence-electron chi connectivity index (χ0n) is 9.25. The summed E-state index contributed by atoms with van der Waals surface area (Å²) in [4.78, 5) is 10.5. The number of aliphatic hydroxyl groups excluding tert-OH is 5. The first-order valence-electron chi connectivity index (χ1n) is 5.20. The van der Waals surface area contributed by atoms with E-state index in [0.29, 0.717) is 0 Å². The van der Waals surface area contributed by atoms with Crippen LogP contribution in [0.1, 0.15) is 0 Å². The Hall–Kier alpha value is -0.810. The molecule has 0 radical (unpaired) electrons. The van der Waals surface area contributed by atoms with E-state index in [9.17, 15) is 25.2 Å². The molecule has 106 valence electrons. The molecule has 6 atom stereocenters. The third kappa shape index (κ3) is 3.14. The molecule has 1 saturated heterocycles. The van der Waals surface area contributed by atoms with Crippen LogP contribution in [0.2, 0.25) is 0 Å². The molecule has 0 aromatic heterocycles. The van der Waals surface area contributed by atoms with Crippen LogP contribution >= 0.6 is 0 Å². The largest absolute Gasteiger partial charge is 0.547 e. The molecule has 0 aliphatic carbocycles. The second-order valence-electron chi connectivity index (χ2n) is 3.82. The van der Waals surface area contributed by atoms with E-state index in [1.54, 1.807) is 0 Å². The van der Waals surface area contributed by atoms with Crippen LogP contribution in [0.25, 0.3) is 0 Å². The Labute approximate surface area is 102 Å². The zero-order chi connectivity index (χ0) is 13.9. The molecule has 0 saturated carbocycles. The lowest BCUT2D eigenvalue weighted by Gasteiger charge is -2.40. The van der Waals surface area contributed by atoms with Gasteiger partial charge in [-0.15, -0.1) is 0 Å². The van der Waals surface area contributed by atoms with Crippen LogP contribution in [-0.4, -0.2) is 81.5 Å². The second kappa shape index (κ2) is 6.38. The van der Waals surface area contributed by atoms with Gasteiger partial charge in [0.2, 0.25) is 0 Å². The number of carboxylic acids is 1. The molecule has 5 N–H and O–H groups in total. The predicted molar refractivity (Wildman–Crippen MR) is 50.7 cm³/mol. The lowest BCUT2D eigenvalue weighted by atomic mass is 9.99. The number of carbonyl (C=O) groups is 1. The van der Waals surface area contributed by atoms with Gasteiger partial charge in [-0.1, -0.05) is 0 Å². The normalized spacial score (nSPS) is 38.4. The Bertz CT molecular complexity index is 281. The molecular formula is C9H15O9-. The minimum atomic E-state index is -1.76. The SMILES string of the molecule is O=C([O-])[C@@H](CO)O[C@H]1O[C@H](CO)[C@@H](O)[C@H](O)[C@@H]1O. The number of ether oxygens (including phenoxy) is 2. The minimum Gasteiger partial charge on any atom is -0.547 e. The van der Waals surface area contributed by atoms with Gasteiger partial charge < -0.3 is 44.9 Å². The van der Waals surface area contributed by atoms with Gasteiger partial charge in [-0.05, 0) is 0 Å². The van der Waals surface area contributed by atoms with E-state index >= 15 is 0 Å². The average Bonchev–Trinajstić information content (AvgIpc) is 2.35. The second-order valence-corrected chi connectivity index (χ2v) is 3.82. The Morgan fingerprint density at radius 1 is 1.22 bits per heavy atom. The van der Waals surface area contributed by atoms with Gasteiger partial charge in [0.1, 0.15) is 30.5 Å². The molecule has 1 heterocycles. The van der Waals surface area contributed by atoms with E-state index in [1.165, 1.54) is 0 Å². The topological polar surface area (TPSA) is 160 Å². The smallest absolute Gasteiger partial charge is 0.187 e. The molecule has 0 spiro atoms. The molecule has 0 aromatic carbocycles. The van der Waals surface area contributed by atoms with Gasteiger partial charge in [-0.25, -0.2) is 0 Å². The van der Waals surface area contributed by atoms with E-state index in [2.05, 4.69) is 0 Å². The number of hydrogen-bond donors (Lipinski definition) is 5. The monoisotopic (exact) mass is 267 g/mol. The highest BCUT2D eigenvalue weighted by atomic mass is 16.7. The summed E-state index contributed by atoms with van der Waals surface area (Å²) in [6.07, 6.45) is -9.56. The molecule has 0 bridgehead atoms. The molecule has 0 amide bonds. The Morgan fingerprint density at radius 2 is 1.83 bits per heavy atom. The number of aliphatic carboxylic acids is 1. The van der Waals surface area contributed by atoms with Crippen molar-refractivity contribution in [2.75, 3.05) is 13.2 Å². The number of carboxylic acid groups (broad SMARTS) is 1. The first-order chi connectivity index (χ1) is 8.42. The quantitative estimate of drug-likeness (QED) is 0.328. The summed E-state index contributed by atoms with van der Waals surface area (Å²) < 4.78 is 9.58. The van der Waals surface area contributed by atoms with Gasteiger partial charge in [0, 0.05) is 0 Å². The molecular weight excluding hydrogens is 252 g/mol. The first kappa shape index (κ1) is 15.2. The highest BCUT2D eigenvalue weighted by Crippen LogP contribution is 2.22. The van der Waals surface area contributed by atoms with Gasteiger partial charge in [-0.2, -0.15) is 0 Å². The number of carbonyl (C=O) groups excluding carboxylic acids is 1. The summed E-state index contributed by atoms with van der Waals surface area (Å²) in [5.74, 6) is -1.73.